The molecule has 1 amide bonds. The predicted molar refractivity (Wildman–Crippen MR) is 76.2 cm³/mol. The van der Waals surface area contributed by atoms with Crippen LogP contribution in [-0.2, 0) is 0 Å². The average Bonchev–Trinajstić information content (AvgIpc) is 2.41. The molecule has 0 aromatic heterocycles. The summed E-state index contributed by atoms with van der Waals surface area (Å²) in [7, 11) is 0. The summed E-state index contributed by atoms with van der Waals surface area (Å²) < 4.78 is 0. The number of rotatable bonds is 2. The highest BCUT2D eigenvalue weighted by Crippen LogP contribution is 2.23. The van der Waals surface area contributed by atoms with Gasteiger partial charge in [0.25, 0.3) is 5.91 Å². The topological polar surface area (TPSA) is 40.5 Å². The summed E-state index contributed by atoms with van der Waals surface area (Å²) in [6.45, 7) is 7.31. The number of nitrogens with zero attached hydrogens (tertiary/aromatic N) is 1. The van der Waals surface area contributed by atoms with Gasteiger partial charge in [0.1, 0.15) is 0 Å². The van der Waals surface area contributed by atoms with Crippen molar-refractivity contribution < 1.29 is 9.90 Å². The standard InChI is InChI=1S/C16H23NO2/c1-11-6-4-8-15(12(11)2)16(19)17-9-5-7-14(10-17)13(3)18/h4,6,8,13-14,18H,5,7,9-10H2,1-3H3. The van der Waals surface area contributed by atoms with Gasteiger partial charge < -0.3 is 10.0 Å². The van der Waals surface area contributed by atoms with Crippen LogP contribution < -0.4 is 0 Å². The number of piperidine rings is 1. The fraction of sp³-hybridized carbons (Fsp3) is 0.562. The molecule has 19 heavy (non-hydrogen) atoms. The largest absolute Gasteiger partial charge is 0.393 e. The Hall–Kier alpha value is -1.35. The van der Waals surface area contributed by atoms with E-state index >= 15 is 0 Å². The highest BCUT2D eigenvalue weighted by molar-refractivity contribution is 5.96. The van der Waals surface area contributed by atoms with Gasteiger partial charge in [0.05, 0.1) is 6.10 Å². The lowest BCUT2D eigenvalue weighted by Crippen LogP contribution is -2.43. The number of carbonyl (C=O) groups excluding carboxylic acids is 1. The van der Waals surface area contributed by atoms with E-state index in [-0.39, 0.29) is 17.9 Å². The molecule has 1 aliphatic rings. The van der Waals surface area contributed by atoms with Crippen LogP contribution in [0, 0.1) is 19.8 Å². The first-order chi connectivity index (χ1) is 9.00. The van der Waals surface area contributed by atoms with Gasteiger partial charge in [-0.15, -0.1) is 0 Å². The SMILES string of the molecule is Cc1cccc(C(=O)N2CCCC(C(C)O)C2)c1C. The lowest BCUT2D eigenvalue weighted by atomic mass is 9.92. The predicted octanol–water partition coefficient (Wildman–Crippen LogP) is 2.54. The zero-order valence-corrected chi connectivity index (χ0v) is 12.0. The van der Waals surface area contributed by atoms with Crippen molar-refractivity contribution in [2.45, 2.75) is 39.7 Å². The van der Waals surface area contributed by atoms with E-state index in [4.69, 9.17) is 0 Å². The van der Waals surface area contributed by atoms with E-state index in [1.165, 1.54) is 0 Å². The highest BCUT2D eigenvalue weighted by Gasteiger charge is 2.27. The van der Waals surface area contributed by atoms with Gasteiger partial charge in [0.2, 0.25) is 0 Å². The Kier molecular flexibility index (Phi) is 4.25. The molecule has 104 valence electrons. The molecule has 1 saturated heterocycles. The van der Waals surface area contributed by atoms with E-state index in [1.54, 1.807) is 0 Å². The first-order valence-electron chi connectivity index (χ1n) is 7.04. The van der Waals surface area contributed by atoms with Crippen molar-refractivity contribution in [2.75, 3.05) is 13.1 Å². The van der Waals surface area contributed by atoms with Crippen LogP contribution >= 0.6 is 0 Å². The summed E-state index contributed by atoms with van der Waals surface area (Å²) in [6.07, 6.45) is 1.65. The van der Waals surface area contributed by atoms with Gasteiger partial charge in [-0.1, -0.05) is 12.1 Å². The summed E-state index contributed by atoms with van der Waals surface area (Å²) in [4.78, 5) is 14.5. The highest BCUT2D eigenvalue weighted by atomic mass is 16.3. The number of aryl methyl sites for hydroxylation is 1. The molecule has 1 aliphatic heterocycles. The molecule has 0 saturated carbocycles. The summed E-state index contributed by atoms with van der Waals surface area (Å²) in [5, 5.41) is 9.71. The number of likely N-dealkylation sites (tertiary alicyclic amines) is 1. The summed E-state index contributed by atoms with van der Waals surface area (Å²) in [5.41, 5.74) is 3.01. The van der Waals surface area contributed by atoms with Crippen LogP contribution in [0.5, 0.6) is 0 Å². The summed E-state index contributed by atoms with van der Waals surface area (Å²) >= 11 is 0. The molecule has 0 spiro atoms. The molecule has 0 aliphatic carbocycles. The van der Waals surface area contributed by atoms with Gasteiger partial charge in [-0.3, -0.25) is 4.79 Å². The normalized spacial score (nSPS) is 21.3. The first-order valence-corrected chi connectivity index (χ1v) is 7.04. The van der Waals surface area contributed by atoms with Crippen LogP contribution in [0.15, 0.2) is 18.2 Å². The van der Waals surface area contributed by atoms with Crippen LogP contribution in [-0.4, -0.2) is 35.1 Å². The minimum Gasteiger partial charge on any atom is -0.393 e. The third-order valence-electron chi connectivity index (χ3n) is 4.26. The van der Waals surface area contributed by atoms with Crippen LogP contribution in [0.1, 0.15) is 41.3 Å². The smallest absolute Gasteiger partial charge is 0.254 e. The van der Waals surface area contributed by atoms with Crippen molar-refractivity contribution in [1.29, 1.82) is 0 Å². The van der Waals surface area contributed by atoms with Gasteiger partial charge in [0, 0.05) is 24.6 Å². The average molecular weight is 261 g/mol. The third-order valence-corrected chi connectivity index (χ3v) is 4.26. The molecule has 1 N–H and O–H groups in total. The van der Waals surface area contributed by atoms with Crippen molar-refractivity contribution in [1.82, 2.24) is 4.90 Å². The fourth-order valence-corrected chi connectivity index (χ4v) is 2.74. The number of aliphatic hydroxyl groups is 1. The number of hydrogen-bond acceptors (Lipinski definition) is 2. The van der Waals surface area contributed by atoms with E-state index in [0.29, 0.717) is 6.54 Å². The van der Waals surface area contributed by atoms with E-state index in [1.807, 2.05) is 43.9 Å². The minimum atomic E-state index is -0.339. The number of aliphatic hydroxyl groups excluding tert-OH is 1. The maximum absolute atomic E-state index is 12.6. The monoisotopic (exact) mass is 261 g/mol. The van der Waals surface area contributed by atoms with E-state index in [9.17, 15) is 9.90 Å². The second kappa shape index (κ2) is 5.74. The van der Waals surface area contributed by atoms with Gasteiger partial charge in [0.15, 0.2) is 0 Å². The van der Waals surface area contributed by atoms with Crippen LogP contribution in [0.3, 0.4) is 0 Å². The second-order valence-corrected chi connectivity index (χ2v) is 5.64. The van der Waals surface area contributed by atoms with Gasteiger partial charge in [-0.25, -0.2) is 0 Å². The Balaban J connectivity index is 2.17. The van der Waals surface area contributed by atoms with Gasteiger partial charge >= 0.3 is 0 Å². The maximum atomic E-state index is 12.6. The molecule has 1 aromatic rings. The molecular weight excluding hydrogens is 238 g/mol. The molecule has 3 nitrogen and oxygen atoms in total. The van der Waals surface area contributed by atoms with Gasteiger partial charge in [-0.05, 0) is 50.8 Å². The van der Waals surface area contributed by atoms with E-state index in [2.05, 4.69) is 0 Å². The Morgan fingerprint density at radius 2 is 2.16 bits per heavy atom. The molecule has 1 heterocycles. The first kappa shape index (κ1) is 14.1. The molecular formula is C16H23NO2. The van der Waals surface area contributed by atoms with Crippen molar-refractivity contribution in [3.63, 3.8) is 0 Å². The summed E-state index contributed by atoms with van der Waals surface area (Å²) in [6, 6.07) is 5.86. The van der Waals surface area contributed by atoms with Crippen LogP contribution in [0.4, 0.5) is 0 Å². The zero-order valence-electron chi connectivity index (χ0n) is 12.0. The Morgan fingerprint density at radius 3 is 2.84 bits per heavy atom. The Bertz CT molecular complexity index is 468. The van der Waals surface area contributed by atoms with E-state index < -0.39 is 0 Å². The Labute approximate surface area is 115 Å². The molecule has 2 rings (SSSR count). The lowest BCUT2D eigenvalue weighted by molar-refractivity contribution is 0.0465. The summed E-state index contributed by atoms with van der Waals surface area (Å²) in [5.74, 6) is 0.314. The molecule has 1 aromatic carbocycles. The van der Waals surface area contributed by atoms with Crippen molar-refractivity contribution >= 4 is 5.91 Å². The van der Waals surface area contributed by atoms with Crippen LogP contribution in [0.2, 0.25) is 0 Å². The Morgan fingerprint density at radius 1 is 1.42 bits per heavy atom. The van der Waals surface area contributed by atoms with Crippen molar-refractivity contribution in [3.8, 4) is 0 Å². The quantitative estimate of drug-likeness (QED) is 0.888. The third kappa shape index (κ3) is 2.98. The van der Waals surface area contributed by atoms with E-state index in [0.717, 1.165) is 36.1 Å². The second-order valence-electron chi connectivity index (χ2n) is 5.64. The zero-order chi connectivity index (χ0) is 14.0. The minimum absolute atomic E-state index is 0.103. The maximum Gasteiger partial charge on any atom is 0.254 e. The van der Waals surface area contributed by atoms with Crippen LogP contribution in [0.25, 0.3) is 0 Å². The molecule has 1 fully saturated rings. The molecule has 0 bridgehead atoms. The number of benzene rings is 1. The van der Waals surface area contributed by atoms with Crippen molar-refractivity contribution in [3.05, 3.63) is 34.9 Å². The lowest BCUT2D eigenvalue weighted by Gasteiger charge is -2.34. The molecule has 2 unspecified atom stereocenters. The fourth-order valence-electron chi connectivity index (χ4n) is 2.74. The number of carbonyl (C=O) groups is 1. The molecule has 0 radical (unpaired) electrons. The van der Waals surface area contributed by atoms with Gasteiger partial charge in [-0.2, -0.15) is 0 Å². The van der Waals surface area contributed by atoms with Crippen molar-refractivity contribution in [2.24, 2.45) is 5.92 Å². The molecule has 3 heteroatoms. The molecule has 2 atom stereocenters. The number of hydrogen-bond donors (Lipinski definition) is 1. The number of amides is 1.